The van der Waals surface area contributed by atoms with Crippen molar-refractivity contribution in [2.24, 2.45) is 5.92 Å². The molecular weight excluding hydrogens is 234 g/mol. The molecule has 2 aliphatic carbocycles. The van der Waals surface area contributed by atoms with Crippen LogP contribution in [0, 0.1) is 17.2 Å². The molecule has 19 heavy (non-hydrogen) atoms. The number of rotatable bonds is 6. The molecule has 0 aliphatic heterocycles. The Labute approximate surface area is 118 Å². The van der Waals surface area contributed by atoms with Gasteiger partial charge in [0.2, 0.25) is 0 Å². The van der Waals surface area contributed by atoms with Crippen LogP contribution < -0.4 is 5.32 Å². The Balaban J connectivity index is 1.82. The van der Waals surface area contributed by atoms with Crippen molar-refractivity contribution >= 4 is 0 Å². The van der Waals surface area contributed by atoms with Gasteiger partial charge in [-0.15, -0.1) is 0 Å². The average molecular weight is 263 g/mol. The summed E-state index contributed by atoms with van der Waals surface area (Å²) >= 11 is 0. The third-order valence-corrected chi connectivity index (χ3v) is 4.93. The summed E-state index contributed by atoms with van der Waals surface area (Å²) < 4.78 is 0. The van der Waals surface area contributed by atoms with Gasteiger partial charge in [-0.05, 0) is 58.4 Å². The summed E-state index contributed by atoms with van der Waals surface area (Å²) in [5, 5.41) is 13.0. The summed E-state index contributed by atoms with van der Waals surface area (Å²) in [4.78, 5) is 2.42. The zero-order valence-electron chi connectivity index (χ0n) is 12.8. The van der Waals surface area contributed by atoms with Gasteiger partial charge in [-0.2, -0.15) is 5.26 Å². The number of hydrogen-bond donors (Lipinski definition) is 1. The molecule has 0 aromatic rings. The predicted molar refractivity (Wildman–Crippen MR) is 78.8 cm³/mol. The lowest BCUT2D eigenvalue weighted by Crippen LogP contribution is -2.53. The monoisotopic (exact) mass is 263 g/mol. The van der Waals surface area contributed by atoms with Gasteiger partial charge in [0, 0.05) is 18.6 Å². The van der Waals surface area contributed by atoms with Crippen molar-refractivity contribution in [3.05, 3.63) is 0 Å². The molecule has 108 valence electrons. The zero-order chi connectivity index (χ0) is 13.9. The summed E-state index contributed by atoms with van der Waals surface area (Å²) in [5.41, 5.74) is -0.377. The van der Waals surface area contributed by atoms with Gasteiger partial charge >= 0.3 is 0 Å². The summed E-state index contributed by atoms with van der Waals surface area (Å²) in [6.07, 6.45) is 9.15. The number of likely N-dealkylation sites (N-methyl/N-ethyl adjacent to an activating group) is 1. The summed E-state index contributed by atoms with van der Waals surface area (Å²) in [6, 6.07) is 3.76. The summed E-state index contributed by atoms with van der Waals surface area (Å²) in [5.74, 6) is 0.941. The molecular formula is C16H29N3. The topological polar surface area (TPSA) is 39.1 Å². The van der Waals surface area contributed by atoms with E-state index in [1.54, 1.807) is 0 Å². The zero-order valence-corrected chi connectivity index (χ0v) is 12.8. The van der Waals surface area contributed by atoms with Crippen molar-refractivity contribution in [1.29, 1.82) is 5.26 Å². The number of nitriles is 1. The highest BCUT2D eigenvalue weighted by atomic mass is 15.2. The van der Waals surface area contributed by atoms with Gasteiger partial charge in [0.25, 0.3) is 0 Å². The van der Waals surface area contributed by atoms with Crippen LogP contribution in [-0.4, -0.2) is 36.1 Å². The van der Waals surface area contributed by atoms with E-state index < -0.39 is 0 Å². The predicted octanol–water partition coefficient (Wildman–Crippen LogP) is 2.92. The first-order valence-corrected chi connectivity index (χ1v) is 7.95. The molecule has 2 saturated carbocycles. The van der Waals surface area contributed by atoms with Gasteiger partial charge in [0.1, 0.15) is 5.54 Å². The second-order valence-corrected chi connectivity index (χ2v) is 6.86. The minimum atomic E-state index is -0.377. The third kappa shape index (κ3) is 4.19. The quantitative estimate of drug-likeness (QED) is 0.801. The molecule has 0 spiro atoms. The molecule has 1 N–H and O–H groups in total. The van der Waals surface area contributed by atoms with E-state index in [4.69, 9.17) is 0 Å². The van der Waals surface area contributed by atoms with Crippen LogP contribution in [-0.2, 0) is 0 Å². The summed E-state index contributed by atoms with van der Waals surface area (Å²) in [6.45, 7) is 5.21. The van der Waals surface area contributed by atoms with Gasteiger partial charge < -0.3 is 4.90 Å². The average Bonchev–Trinajstić information content (AvgIpc) is 3.22. The van der Waals surface area contributed by atoms with Crippen LogP contribution in [0.1, 0.15) is 58.8 Å². The largest absolute Gasteiger partial charge is 0.301 e. The van der Waals surface area contributed by atoms with Gasteiger partial charge in [0.05, 0.1) is 6.07 Å². The van der Waals surface area contributed by atoms with Gasteiger partial charge in [-0.3, -0.25) is 5.32 Å². The van der Waals surface area contributed by atoms with E-state index in [9.17, 15) is 5.26 Å². The Morgan fingerprint density at radius 3 is 2.32 bits per heavy atom. The Morgan fingerprint density at radius 1 is 1.21 bits per heavy atom. The van der Waals surface area contributed by atoms with E-state index in [0.717, 1.165) is 12.5 Å². The number of nitrogens with one attached hydrogen (secondary N) is 1. The molecule has 1 unspecified atom stereocenters. The van der Waals surface area contributed by atoms with Gasteiger partial charge in [-0.25, -0.2) is 0 Å². The molecule has 3 heteroatoms. The third-order valence-electron chi connectivity index (χ3n) is 4.93. The fraction of sp³-hybridized carbons (Fsp3) is 0.938. The van der Waals surface area contributed by atoms with Crippen molar-refractivity contribution in [3.8, 4) is 6.07 Å². The van der Waals surface area contributed by atoms with Crippen LogP contribution in [0.5, 0.6) is 0 Å². The molecule has 2 aliphatic rings. The maximum absolute atomic E-state index is 9.45. The highest BCUT2D eigenvalue weighted by Gasteiger charge is 2.35. The van der Waals surface area contributed by atoms with E-state index >= 15 is 0 Å². The van der Waals surface area contributed by atoms with E-state index in [1.165, 1.54) is 44.9 Å². The molecule has 0 aromatic heterocycles. The first-order valence-electron chi connectivity index (χ1n) is 7.95. The van der Waals surface area contributed by atoms with Crippen LogP contribution in [0.25, 0.3) is 0 Å². The minimum Gasteiger partial charge on any atom is -0.301 e. The van der Waals surface area contributed by atoms with Crippen molar-refractivity contribution in [2.75, 3.05) is 13.6 Å². The Morgan fingerprint density at radius 2 is 1.84 bits per heavy atom. The van der Waals surface area contributed by atoms with E-state index in [0.29, 0.717) is 12.1 Å². The normalized spacial score (nSPS) is 30.9. The SMILES string of the molecule is CCC1CCC(N(C)CC(C)(C#N)NC2CC2)CC1. The molecule has 2 rings (SSSR count). The van der Waals surface area contributed by atoms with E-state index in [-0.39, 0.29) is 5.54 Å². The van der Waals surface area contributed by atoms with Gasteiger partial charge in [-0.1, -0.05) is 13.3 Å². The number of hydrogen-bond acceptors (Lipinski definition) is 3. The number of nitrogens with zero attached hydrogens (tertiary/aromatic N) is 2. The lowest BCUT2D eigenvalue weighted by atomic mass is 9.83. The Kier molecular flexibility index (Phi) is 4.86. The molecule has 0 saturated heterocycles. The smallest absolute Gasteiger partial charge is 0.116 e. The molecule has 2 fully saturated rings. The van der Waals surface area contributed by atoms with Crippen LogP contribution in [0.15, 0.2) is 0 Å². The molecule has 3 nitrogen and oxygen atoms in total. The Bertz CT molecular complexity index is 323. The first-order chi connectivity index (χ1) is 9.06. The molecule has 1 atom stereocenters. The summed E-state index contributed by atoms with van der Waals surface area (Å²) in [7, 11) is 2.20. The van der Waals surface area contributed by atoms with Crippen LogP contribution >= 0.6 is 0 Å². The molecule has 0 heterocycles. The van der Waals surface area contributed by atoms with E-state index in [2.05, 4.69) is 37.2 Å². The lowest BCUT2D eigenvalue weighted by Gasteiger charge is -2.38. The van der Waals surface area contributed by atoms with Crippen molar-refractivity contribution in [3.63, 3.8) is 0 Å². The molecule has 0 aromatic carbocycles. The van der Waals surface area contributed by atoms with Crippen molar-refractivity contribution < 1.29 is 0 Å². The van der Waals surface area contributed by atoms with Crippen LogP contribution in [0.2, 0.25) is 0 Å². The molecule has 0 bridgehead atoms. The van der Waals surface area contributed by atoms with Crippen molar-refractivity contribution in [2.45, 2.75) is 76.4 Å². The van der Waals surface area contributed by atoms with Gasteiger partial charge in [0.15, 0.2) is 0 Å². The maximum atomic E-state index is 9.45. The second-order valence-electron chi connectivity index (χ2n) is 6.86. The fourth-order valence-corrected chi connectivity index (χ4v) is 3.41. The molecule has 0 radical (unpaired) electrons. The molecule has 0 amide bonds. The standard InChI is InChI=1S/C16H29N3/c1-4-13-5-9-15(10-6-13)19(3)12-16(2,11-17)18-14-7-8-14/h13-15,18H,4-10,12H2,1-3H3. The van der Waals surface area contributed by atoms with Crippen molar-refractivity contribution in [1.82, 2.24) is 10.2 Å². The first kappa shape index (κ1) is 14.8. The highest BCUT2D eigenvalue weighted by molar-refractivity contribution is 5.09. The maximum Gasteiger partial charge on any atom is 0.116 e. The second kappa shape index (κ2) is 6.24. The Hall–Kier alpha value is -0.590. The highest BCUT2D eigenvalue weighted by Crippen LogP contribution is 2.30. The fourth-order valence-electron chi connectivity index (χ4n) is 3.41. The lowest BCUT2D eigenvalue weighted by molar-refractivity contribution is 0.140. The van der Waals surface area contributed by atoms with Crippen LogP contribution in [0.4, 0.5) is 0 Å². The van der Waals surface area contributed by atoms with E-state index in [1.807, 2.05) is 0 Å². The van der Waals surface area contributed by atoms with Crippen LogP contribution in [0.3, 0.4) is 0 Å². The minimum absolute atomic E-state index is 0.377.